The maximum absolute atomic E-state index is 14.3. The van der Waals surface area contributed by atoms with Crippen LogP contribution in [0.4, 0.5) is 86.3 Å². The summed E-state index contributed by atoms with van der Waals surface area (Å²) in [6.07, 6.45) is 8.77. The lowest BCUT2D eigenvalue weighted by molar-refractivity contribution is 0.0303. The van der Waals surface area contributed by atoms with E-state index in [-0.39, 0.29) is 29.8 Å². The number of carbonyl (C=O) groups is 5. The van der Waals surface area contributed by atoms with E-state index in [1.165, 1.54) is 31.7 Å². The number of nitrogens with one attached hydrogen (secondary N) is 8. The molecule has 0 radical (unpaired) electrons. The molecular formula is C68H72Cl4FN13O6. The van der Waals surface area contributed by atoms with E-state index in [1.807, 2.05) is 55.4 Å². The number of piperidine rings is 2. The van der Waals surface area contributed by atoms with Crippen LogP contribution >= 0.6 is 46.4 Å². The van der Waals surface area contributed by atoms with Crippen molar-refractivity contribution in [2.24, 2.45) is 0 Å². The summed E-state index contributed by atoms with van der Waals surface area (Å²) in [6.45, 7) is 6.18. The number of benzene rings is 7. The number of halogens is 5. The number of carbonyl (C=O) groups excluding carboxylic acids is 5. The monoisotopic (exact) mass is 1330 g/mol. The van der Waals surface area contributed by atoms with Gasteiger partial charge in [-0.05, 0) is 202 Å². The molecule has 3 saturated heterocycles. The Bertz CT molecular complexity index is 3690. The first-order valence-electron chi connectivity index (χ1n) is 29.8. The molecule has 4 heterocycles. The third kappa shape index (κ3) is 22.9. The van der Waals surface area contributed by atoms with Gasteiger partial charge in [-0.1, -0.05) is 58.5 Å². The summed E-state index contributed by atoms with van der Waals surface area (Å²) >= 11 is 23.3. The highest BCUT2D eigenvalue weighted by molar-refractivity contribution is 6.31. The average molecular weight is 1330 g/mol. The van der Waals surface area contributed by atoms with Gasteiger partial charge < -0.3 is 66.9 Å². The number of amides is 9. The number of urea groups is 4. The van der Waals surface area contributed by atoms with E-state index >= 15 is 0 Å². The molecule has 11 rings (SSSR count). The molecule has 3 aliphatic heterocycles. The molecule has 0 unspecified atom stereocenters. The van der Waals surface area contributed by atoms with E-state index in [9.17, 15) is 28.4 Å². The summed E-state index contributed by atoms with van der Waals surface area (Å²) < 4.78 is 19.6. The molecule has 24 heteroatoms. The molecule has 3 aliphatic rings. The Morgan fingerprint density at radius 1 is 0.424 bits per heavy atom. The van der Waals surface area contributed by atoms with Gasteiger partial charge in [0.05, 0.1) is 30.8 Å². The number of hydrogen-bond donors (Lipinski definition) is 8. The molecule has 3 fully saturated rings. The van der Waals surface area contributed by atoms with Crippen LogP contribution in [0.1, 0.15) is 48.9 Å². The quantitative estimate of drug-likeness (QED) is 0.0579. The second-order valence-corrected chi connectivity index (χ2v) is 23.2. The van der Waals surface area contributed by atoms with E-state index in [1.54, 1.807) is 145 Å². The molecule has 0 saturated carbocycles. The molecule has 1 aromatic heterocycles. The minimum atomic E-state index is -0.442. The Balaban J connectivity index is 0.000000158. The minimum Gasteiger partial charge on any atom is -0.378 e. The Morgan fingerprint density at radius 2 is 0.826 bits per heavy atom. The fraction of sp³-hybridized carbons (Fsp3) is 0.235. The Hall–Kier alpha value is -9.31. The molecule has 19 nitrogen and oxygen atoms in total. The summed E-state index contributed by atoms with van der Waals surface area (Å²) in [7, 11) is 3.90. The van der Waals surface area contributed by atoms with Gasteiger partial charge in [0.15, 0.2) is 0 Å². The van der Waals surface area contributed by atoms with Crippen LogP contribution in [-0.2, 0) is 4.74 Å². The van der Waals surface area contributed by atoms with Gasteiger partial charge in [0.1, 0.15) is 11.6 Å². The molecule has 92 heavy (non-hydrogen) atoms. The van der Waals surface area contributed by atoms with Crippen LogP contribution in [0.5, 0.6) is 0 Å². The first kappa shape index (κ1) is 68.6. The van der Waals surface area contributed by atoms with Crippen LogP contribution in [0.25, 0.3) is 0 Å². The zero-order valence-corrected chi connectivity index (χ0v) is 53.8. The van der Waals surface area contributed by atoms with E-state index in [2.05, 4.69) is 57.3 Å². The zero-order valence-electron chi connectivity index (χ0n) is 50.8. The Morgan fingerprint density at radius 3 is 1.27 bits per heavy atom. The summed E-state index contributed by atoms with van der Waals surface area (Å²) in [6, 6.07) is 49.2. The summed E-state index contributed by atoms with van der Waals surface area (Å²) in [5.74, 6) is 0.617. The van der Waals surface area contributed by atoms with Gasteiger partial charge in [0.25, 0.3) is 5.91 Å². The van der Waals surface area contributed by atoms with Gasteiger partial charge in [-0.15, -0.1) is 0 Å². The van der Waals surface area contributed by atoms with E-state index in [0.717, 1.165) is 56.2 Å². The molecule has 9 amide bonds. The van der Waals surface area contributed by atoms with Gasteiger partial charge >= 0.3 is 24.1 Å². The highest BCUT2D eigenvalue weighted by Crippen LogP contribution is 2.27. The van der Waals surface area contributed by atoms with Gasteiger partial charge in [-0.3, -0.25) is 4.79 Å². The molecule has 0 bridgehead atoms. The zero-order chi connectivity index (χ0) is 65.2. The van der Waals surface area contributed by atoms with E-state index in [0.29, 0.717) is 97.5 Å². The van der Waals surface area contributed by atoms with Gasteiger partial charge in [0.2, 0.25) is 0 Å². The van der Waals surface area contributed by atoms with Crippen molar-refractivity contribution >= 4 is 139 Å². The largest absolute Gasteiger partial charge is 0.378 e. The van der Waals surface area contributed by atoms with Crippen LogP contribution in [0.15, 0.2) is 182 Å². The number of morpholine rings is 1. The molecular weight excluding hydrogens is 1260 g/mol. The first-order chi connectivity index (χ1) is 44.5. The van der Waals surface area contributed by atoms with Crippen molar-refractivity contribution < 1.29 is 33.1 Å². The van der Waals surface area contributed by atoms with Crippen molar-refractivity contribution in [3.63, 3.8) is 0 Å². The van der Waals surface area contributed by atoms with E-state index < -0.39 is 6.03 Å². The van der Waals surface area contributed by atoms with Crippen LogP contribution in [0, 0.1) is 5.82 Å². The van der Waals surface area contributed by atoms with Crippen LogP contribution in [0.2, 0.25) is 20.1 Å². The first-order valence-corrected chi connectivity index (χ1v) is 31.3. The topological polar surface area (TPSA) is 217 Å². The molecule has 0 spiro atoms. The number of rotatable bonds is 12. The van der Waals surface area contributed by atoms with Crippen molar-refractivity contribution in [3.8, 4) is 0 Å². The highest BCUT2D eigenvalue weighted by atomic mass is 35.5. The average Bonchev–Trinajstić information content (AvgIpc) is 1.32. The Labute approximate surface area is 554 Å². The molecule has 8 N–H and O–H groups in total. The smallest absolute Gasteiger partial charge is 0.323 e. The summed E-state index contributed by atoms with van der Waals surface area (Å²) in [5.41, 5.74) is 7.21. The number of pyridine rings is 1. The lowest BCUT2D eigenvalue weighted by atomic mass is 10.1. The fourth-order valence-electron chi connectivity index (χ4n) is 9.59. The van der Waals surface area contributed by atoms with Crippen molar-refractivity contribution in [1.29, 1.82) is 0 Å². The number of hydrogen-bond acceptors (Lipinski definition) is 10. The molecule has 480 valence electrons. The SMILES string of the molecule is CN(C)c1cccc(NC(=O)Nc2ccc(Cl)cc2)c1.O=C(Nc1ccc(Cl)cc1)Nc1ccc(C(=O)N2CCOCC2)cc1.O=C(Nc1ccc(Cl)cc1)Nc1ccc(N2CCCCC2)nc1.O=C(Nc1cccc(Cl)c1)Nc1ccc(N2CCCCC2)c(F)c1. The normalized spacial score (nSPS) is 13.3. The fourth-order valence-corrected chi connectivity index (χ4v) is 10.2. The van der Waals surface area contributed by atoms with Crippen LogP contribution < -0.4 is 57.2 Å². The number of anilines is 11. The molecule has 7 aromatic carbocycles. The molecule has 0 atom stereocenters. The second-order valence-electron chi connectivity index (χ2n) is 21.4. The minimum absolute atomic E-state index is 0.0273. The van der Waals surface area contributed by atoms with Crippen LogP contribution in [-0.4, -0.2) is 106 Å². The van der Waals surface area contributed by atoms with Gasteiger partial charge in [0, 0.05) is 125 Å². The third-order valence-electron chi connectivity index (χ3n) is 14.3. The standard InChI is InChI=1S/C18H19ClFN3O.C18H18ClN3O3.C17H19ClN4O.C15H16ClN3O/c19-13-5-4-6-14(11-13)21-18(24)22-15-7-8-17(16(20)12-15)23-9-2-1-3-10-23;19-14-3-7-16(8-4-14)21-18(24)20-15-5-1-13(2-6-15)17(23)22-9-11-25-12-10-22;18-13-4-6-14(7-5-13)20-17(23)21-15-8-9-16(19-12-15)22-10-2-1-3-11-22;1-19(2)14-5-3-4-13(10-14)18-15(20)17-12-8-6-11(16)7-9-12/h4-8,11-12H,1-3,9-10H2,(H2,21,22,24);1-8H,9-12H2,(H2,20,21,24);4-9,12H,1-3,10-11H2,(H2,20,21,23);3-10H,1-2H3,(H2,17,18,20). The predicted octanol–water partition coefficient (Wildman–Crippen LogP) is 17.0. The van der Waals surface area contributed by atoms with Gasteiger partial charge in [-0.25, -0.2) is 28.6 Å². The lowest BCUT2D eigenvalue weighted by Crippen LogP contribution is -2.40. The number of ether oxygens (including phenoxy) is 1. The summed E-state index contributed by atoms with van der Waals surface area (Å²) in [4.78, 5) is 72.7. The van der Waals surface area contributed by atoms with Crippen molar-refractivity contribution in [3.05, 3.63) is 214 Å². The highest BCUT2D eigenvalue weighted by Gasteiger charge is 2.20. The molecule has 0 aliphatic carbocycles. The maximum Gasteiger partial charge on any atom is 0.323 e. The lowest BCUT2D eigenvalue weighted by Gasteiger charge is -2.29. The number of aromatic nitrogens is 1. The Kier molecular flexibility index (Phi) is 26.3. The van der Waals surface area contributed by atoms with E-state index in [4.69, 9.17) is 51.1 Å². The van der Waals surface area contributed by atoms with Crippen molar-refractivity contribution in [1.82, 2.24) is 9.88 Å². The molecule has 8 aromatic rings. The third-order valence-corrected chi connectivity index (χ3v) is 15.3. The summed E-state index contributed by atoms with van der Waals surface area (Å²) in [5, 5.41) is 24.2. The van der Waals surface area contributed by atoms with Crippen molar-refractivity contribution in [2.45, 2.75) is 38.5 Å². The van der Waals surface area contributed by atoms with Crippen LogP contribution in [0.3, 0.4) is 0 Å². The van der Waals surface area contributed by atoms with Crippen molar-refractivity contribution in [2.75, 3.05) is 124 Å². The predicted molar refractivity (Wildman–Crippen MR) is 373 cm³/mol. The second kappa shape index (κ2) is 35.3. The van der Waals surface area contributed by atoms with Gasteiger partial charge in [-0.2, -0.15) is 0 Å². The number of nitrogens with zero attached hydrogens (tertiary/aromatic N) is 5. The maximum atomic E-state index is 14.3.